The lowest BCUT2D eigenvalue weighted by molar-refractivity contribution is -0.378. The predicted molar refractivity (Wildman–Crippen MR) is 56.6 cm³/mol. The van der Waals surface area contributed by atoms with Crippen molar-refractivity contribution in [1.82, 2.24) is 0 Å². The van der Waals surface area contributed by atoms with E-state index in [1.165, 1.54) is 6.08 Å². The third kappa shape index (κ3) is 4.01. The lowest BCUT2D eigenvalue weighted by Gasteiger charge is -1.89. The Kier molecular flexibility index (Phi) is 4.08. The summed E-state index contributed by atoms with van der Waals surface area (Å²) in [5.74, 6) is 0. The molecule has 0 aromatic carbocycles. The molecule has 0 fully saturated rings. The fraction of sp³-hybridized carbons (Fsp3) is 0.0909. The lowest BCUT2D eigenvalue weighted by atomic mass is 10.2. The quantitative estimate of drug-likeness (QED) is 0.426. The van der Waals surface area contributed by atoms with Gasteiger partial charge in [-0.3, -0.25) is 4.79 Å². The summed E-state index contributed by atoms with van der Waals surface area (Å²) in [4.78, 5) is 13.4. The summed E-state index contributed by atoms with van der Waals surface area (Å²) < 4.78 is 0. The number of nitrogens with one attached hydrogen (secondary N) is 1. The second-order valence-electron chi connectivity index (χ2n) is 2.86. The monoisotopic (exact) mass is 208 g/mol. The number of H-pyrrole nitrogens is 1. The van der Waals surface area contributed by atoms with E-state index in [4.69, 9.17) is 11.6 Å². The van der Waals surface area contributed by atoms with Gasteiger partial charge < -0.3 is 0 Å². The Balaban J connectivity index is 2.70. The minimum atomic E-state index is -0.450. The molecule has 0 spiro atoms. The van der Waals surface area contributed by atoms with Crippen LogP contribution in [0.3, 0.4) is 0 Å². The van der Waals surface area contributed by atoms with Gasteiger partial charge in [0.15, 0.2) is 12.4 Å². The molecule has 0 aliphatic rings. The van der Waals surface area contributed by atoms with Crippen molar-refractivity contribution in [3.05, 3.63) is 47.8 Å². The Morgan fingerprint density at radius 2 is 2.07 bits per heavy atom. The molecule has 0 aliphatic carbocycles. The lowest BCUT2D eigenvalue weighted by Crippen LogP contribution is -1.96. The minimum absolute atomic E-state index is 0.450. The first-order chi connectivity index (χ1) is 6.68. The second-order valence-corrected chi connectivity index (χ2v) is 3.23. The summed E-state index contributed by atoms with van der Waals surface area (Å²) in [6.45, 7) is 1.83. The summed E-state index contributed by atoms with van der Waals surface area (Å²) in [6, 6.07) is 3.87. The highest BCUT2D eigenvalue weighted by Crippen LogP contribution is 2.03. The molecule has 1 heterocycles. The molecule has 2 nitrogen and oxygen atoms in total. The van der Waals surface area contributed by atoms with Crippen LogP contribution in [0.1, 0.15) is 12.5 Å². The molecule has 1 aromatic rings. The molecule has 1 rings (SSSR count). The van der Waals surface area contributed by atoms with Gasteiger partial charge in [0, 0.05) is 18.2 Å². The smallest absolute Gasteiger partial charge is 0.245 e. The average molecular weight is 209 g/mol. The van der Waals surface area contributed by atoms with Crippen LogP contribution < -0.4 is 4.98 Å². The van der Waals surface area contributed by atoms with Crippen molar-refractivity contribution in [1.29, 1.82) is 0 Å². The van der Waals surface area contributed by atoms with Crippen molar-refractivity contribution in [3.63, 3.8) is 0 Å². The molecule has 14 heavy (non-hydrogen) atoms. The Morgan fingerprint density at radius 1 is 1.43 bits per heavy atom. The molecule has 0 unspecified atom stereocenters. The van der Waals surface area contributed by atoms with Gasteiger partial charge >= 0.3 is 0 Å². The first-order valence-electron chi connectivity index (χ1n) is 4.20. The van der Waals surface area contributed by atoms with Crippen LogP contribution in [-0.2, 0) is 4.79 Å². The minimum Gasteiger partial charge on any atom is -0.276 e. The van der Waals surface area contributed by atoms with Crippen LogP contribution in [-0.4, -0.2) is 5.24 Å². The van der Waals surface area contributed by atoms with Gasteiger partial charge in [-0.1, -0.05) is 12.2 Å². The van der Waals surface area contributed by atoms with Crippen LogP contribution in [0.2, 0.25) is 0 Å². The average Bonchev–Trinajstić information content (AvgIpc) is 2.15. The number of rotatable bonds is 3. The van der Waals surface area contributed by atoms with Gasteiger partial charge in [0.05, 0.1) is 0 Å². The van der Waals surface area contributed by atoms with E-state index < -0.39 is 5.24 Å². The molecule has 0 saturated carbocycles. The molecule has 1 N–H and O–H groups in total. The number of carbonyl (C=O) groups excluding carboxylic acids is 1. The summed E-state index contributed by atoms with van der Waals surface area (Å²) in [6.07, 6.45) is 8.82. The van der Waals surface area contributed by atoms with Crippen LogP contribution in [0, 0.1) is 0 Å². The Bertz CT molecular complexity index is 368. The summed E-state index contributed by atoms with van der Waals surface area (Å²) in [7, 11) is 0. The van der Waals surface area contributed by atoms with Crippen LogP contribution in [0.25, 0.3) is 6.08 Å². The largest absolute Gasteiger partial charge is 0.276 e. The zero-order valence-electron chi connectivity index (χ0n) is 7.83. The fourth-order valence-electron chi connectivity index (χ4n) is 0.966. The Morgan fingerprint density at radius 3 is 2.64 bits per heavy atom. The van der Waals surface area contributed by atoms with E-state index in [0.29, 0.717) is 0 Å². The topological polar surface area (TPSA) is 31.2 Å². The van der Waals surface area contributed by atoms with Crippen molar-refractivity contribution in [2.75, 3.05) is 0 Å². The van der Waals surface area contributed by atoms with Crippen LogP contribution in [0.4, 0.5) is 0 Å². The van der Waals surface area contributed by atoms with Crippen molar-refractivity contribution in [2.24, 2.45) is 0 Å². The zero-order chi connectivity index (χ0) is 10.4. The summed E-state index contributed by atoms with van der Waals surface area (Å²) >= 11 is 5.20. The number of aromatic nitrogens is 1. The fourth-order valence-corrected chi connectivity index (χ4v) is 1.14. The molecule has 0 aliphatic heterocycles. The highest BCUT2D eigenvalue weighted by molar-refractivity contribution is 6.66. The maximum atomic E-state index is 10.5. The first-order valence-corrected chi connectivity index (χ1v) is 4.58. The van der Waals surface area contributed by atoms with Gasteiger partial charge in [0.2, 0.25) is 5.24 Å². The Hall–Kier alpha value is -1.41. The van der Waals surface area contributed by atoms with Gasteiger partial charge in [-0.25, -0.2) is 4.98 Å². The second kappa shape index (κ2) is 5.35. The number of hydrogen-bond acceptors (Lipinski definition) is 1. The SMILES string of the molecule is CC(/C=C/c1cc[nH+]cc1)=C\C(=O)Cl. The number of pyridine rings is 1. The molecular formula is C11H11ClNO+. The normalized spacial score (nSPS) is 12.0. The maximum absolute atomic E-state index is 10.5. The number of hydrogen-bond donors (Lipinski definition) is 0. The highest BCUT2D eigenvalue weighted by Gasteiger charge is 1.90. The molecule has 1 aromatic heterocycles. The van der Waals surface area contributed by atoms with E-state index in [1.807, 2.05) is 43.6 Å². The number of halogens is 1. The zero-order valence-corrected chi connectivity index (χ0v) is 8.58. The summed E-state index contributed by atoms with van der Waals surface area (Å²) in [5.41, 5.74) is 1.90. The predicted octanol–water partition coefficient (Wildman–Crippen LogP) is 2.23. The van der Waals surface area contributed by atoms with Gasteiger partial charge in [-0.05, 0) is 29.7 Å². The van der Waals surface area contributed by atoms with Gasteiger partial charge in [-0.15, -0.1) is 0 Å². The van der Waals surface area contributed by atoms with Crippen LogP contribution in [0.15, 0.2) is 42.3 Å². The summed E-state index contributed by atoms with van der Waals surface area (Å²) in [5, 5.41) is -0.450. The van der Waals surface area contributed by atoms with E-state index >= 15 is 0 Å². The van der Waals surface area contributed by atoms with Crippen molar-refractivity contribution in [2.45, 2.75) is 6.92 Å². The highest BCUT2D eigenvalue weighted by atomic mass is 35.5. The standard InChI is InChI=1S/C11H10ClNO/c1-9(8-11(12)14)2-3-10-4-6-13-7-5-10/h2-8H,1H3/p+1/b3-2+,9-8+. The number of allylic oxidation sites excluding steroid dienone is 3. The van der Waals surface area contributed by atoms with Crippen molar-refractivity contribution < 1.29 is 9.78 Å². The van der Waals surface area contributed by atoms with E-state index in [-0.39, 0.29) is 0 Å². The van der Waals surface area contributed by atoms with Gasteiger partial charge in [-0.2, -0.15) is 0 Å². The van der Waals surface area contributed by atoms with E-state index in [1.54, 1.807) is 0 Å². The maximum Gasteiger partial charge on any atom is 0.245 e. The van der Waals surface area contributed by atoms with Crippen molar-refractivity contribution >= 4 is 22.9 Å². The van der Waals surface area contributed by atoms with Gasteiger partial charge in [0.1, 0.15) is 0 Å². The van der Waals surface area contributed by atoms with E-state index in [0.717, 1.165) is 11.1 Å². The van der Waals surface area contributed by atoms with Crippen LogP contribution in [0.5, 0.6) is 0 Å². The molecule has 72 valence electrons. The number of carbonyl (C=O) groups is 1. The molecule has 3 heteroatoms. The molecule has 0 atom stereocenters. The molecular weight excluding hydrogens is 198 g/mol. The third-order valence-corrected chi connectivity index (χ3v) is 1.73. The third-order valence-electron chi connectivity index (χ3n) is 1.62. The molecule has 0 saturated heterocycles. The Labute approximate surface area is 87.9 Å². The van der Waals surface area contributed by atoms with Crippen molar-refractivity contribution in [3.8, 4) is 0 Å². The van der Waals surface area contributed by atoms with Gasteiger partial charge in [0.25, 0.3) is 0 Å². The van der Waals surface area contributed by atoms with Crippen LogP contribution >= 0.6 is 11.6 Å². The molecule has 0 bridgehead atoms. The van der Waals surface area contributed by atoms with E-state index in [2.05, 4.69) is 4.98 Å². The molecule has 0 amide bonds. The molecule has 0 radical (unpaired) electrons. The first kappa shape index (κ1) is 10.7. The van der Waals surface area contributed by atoms with E-state index in [9.17, 15) is 4.79 Å². The number of aromatic amines is 1.